The largest absolute Gasteiger partial charge is 0.496 e. The number of aromatic nitrogens is 2. The van der Waals surface area contributed by atoms with Crippen molar-refractivity contribution >= 4 is 17.5 Å². The molecule has 132 valence electrons. The van der Waals surface area contributed by atoms with E-state index in [2.05, 4.69) is 20.6 Å². The van der Waals surface area contributed by atoms with Gasteiger partial charge < -0.3 is 15.4 Å². The Kier molecular flexibility index (Phi) is 5.43. The summed E-state index contributed by atoms with van der Waals surface area (Å²) in [6.45, 7) is 2.38. The van der Waals surface area contributed by atoms with E-state index in [0.717, 1.165) is 22.6 Å². The van der Waals surface area contributed by atoms with Gasteiger partial charge in [-0.1, -0.05) is 30.3 Å². The summed E-state index contributed by atoms with van der Waals surface area (Å²) in [4.78, 5) is 20.7. The predicted octanol–water partition coefficient (Wildman–Crippen LogP) is 3.47. The number of hydrogen-bond acceptors (Lipinski definition) is 5. The van der Waals surface area contributed by atoms with Crippen LogP contribution in [0.1, 0.15) is 21.5 Å². The van der Waals surface area contributed by atoms with Crippen molar-refractivity contribution in [3.05, 3.63) is 77.6 Å². The maximum absolute atomic E-state index is 12.3. The summed E-state index contributed by atoms with van der Waals surface area (Å²) in [7, 11) is 1.61. The molecule has 1 amide bonds. The van der Waals surface area contributed by atoms with Gasteiger partial charge in [0, 0.05) is 30.2 Å². The molecule has 6 nitrogen and oxygen atoms in total. The number of methoxy groups -OCH3 is 1. The third-order valence-corrected chi connectivity index (χ3v) is 3.82. The van der Waals surface area contributed by atoms with Crippen LogP contribution in [0.3, 0.4) is 0 Å². The number of amides is 1. The van der Waals surface area contributed by atoms with Crippen LogP contribution in [0.4, 0.5) is 11.6 Å². The molecular weight excluding hydrogens is 328 g/mol. The number of carbonyl (C=O) groups is 1. The molecule has 0 bridgehead atoms. The topological polar surface area (TPSA) is 76.1 Å². The highest BCUT2D eigenvalue weighted by Crippen LogP contribution is 2.17. The summed E-state index contributed by atoms with van der Waals surface area (Å²) in [5.74, 6) is 0.941. The summed E-state index contributed by atoms with van der Waals surface area (Å²) in [5, 5.41) is 5.96. The van der Waals surface area contributed by atoms with Crippen molar-refractivity contribution in [2.75, 3.05) is 12.4 Å². The van der Waals surface area contributed by atoms with E-state index in [1.165, 1.54) is 12.4 Å². The standard InChI is InChI=1S/C20H20N4O2/c1-14-6-5-8-17(10-14)24-20-22-12-16(13-23-20)19(25)21-11-15-7-3-4-9-18(15)26-2/h3-10,12-13H,11H2,1-2H3,(H,21,25)(H,22,23,24). The minimum absolute atomic E-state index is 0.238. The van der Waals surface area contributed by atoms with Gasteiger partial charge in [-0.2, -0.15) is 0 Å². The van der Waals surface area contributed by atoms with Gasteiger partial charge in [-0.15, -0.1) is 0 Å². The lowest BCUT2D eigenvalue weighted by molar-refractivity contribution is 0.0950. The number of aryl methyl sites for hydroxylation is 1. The first-order valence-corrected chi connectivity index (χ1v) is 8.21. The quantitative estimate of drug-likeness (QED) is 0.713. The van der Waals surface area contributed by atoms with Crippen LogP contribution in [0, 0.1) is 6.92 Å². The SMILES string of the molecule is COc1ccccc1CNC(=O)c1cnc(Nc2cccc(C)c2)nc1. The molecule has 3 aromatic rings. The summed E-state index contributed by atoms with van der Waals surface area (Å²) in [6, 6.07) is 15.5. The molecule has 0 spiro atoms. The second-order valence-corrected chi connectivity index (χ2v) is 5.78. The molecule has 2 N–H and O–H groups in total. The lowest BCUT2D eigenvalue weighted by Crippen LogP contribution is -2.23. The van der Waals surface area contributed by atoms with Gasteiger partial charge in [0.2, 0.25) is 5.95 Å². The van der Waals surface area contributed by atoms with Gasteiger partial charge in [-0.05, 0) is 30.7 Å². The van der Waals surface area contributed by atoms with Gasteiger partial charge >= 0.3 is 0 Å². The van der Waals surface area contributed by atoms with Gasteiger partial charge in [-0.25, -0.2) is 9.97 Å². The lowest BCUT2D eigenvalue weighted by Gasteiger charge is -2.10. The number of rotatable bonds is 6. The fraction of sp³-hybridized carbons (Fsp3) is 0.150. The van der Waals surface area contributed by atoms with Gasteiger partial charge in [0.1, 0.15) is 5.75 Å². The van der Waals surface area contributed by atoms with Crippen molar-refractivity contribution in [3.63, 3.8) is 0 Å². The molecule has 6 heteroatoms. The minimum atomic E-state index is -0.238. The van der Waals surface area contributed by atoms with Crippen LogP contribution in [-0.4, -0.2) is 23.0 Å². The molecule has 0 radical (unpaired) electrons. The second kappa shape index (κ2) is 8.11. The first kappa shape index (κ1) is 17.4. The van der Waals surface area contributed by atoms with E-state index in [1.54, 1.807) is 7.11 Å². The van der Waals surface area contributed by atoms with Crippen LogP contribution in [0.5, 0.6) is 5.75 Å². The van der Waals surface area contributed by atoms with Crippen LogP contribution in [0.2, 0.25) is 0 Å². The number of nitrogens with zero attached hydrogens (tertiary/aromatic N) is 2. The Hall–Kier alpha value is -3.41. The van der Waals surface area contributed by atoms with Crippen molar-refractivity contribution < 1.29 is 9.53 Å². The molecule has 2 aromatic carbocycles. The minimum Gasteiger partial charge on any atom is -0.496 e. The fourth-order valence-electron chi connectivity index (χ4n) is 2.49. The zero-order chi connectivity index (χ0) is 18.4. The summed E-state index contributed by atoms with van der Waals surface area (Å²) in [5.41, 5.74) is 3.34. The van der Waals surface area contributed by atoms with Crippen LogP contribution < -0.4 is 15.4 Å². The van der Waals surface area contributed by atoms with E-state index >= 15 is 0 Å². The third kappa shape index (κ3) is 4.36. The van der Waals surface area contributed by atoms with Crippen LogP contribution in [0.15, 0.2) is 60.9 Å². The van der Waals surface area contributed by atoms with Crippen molar-refractivity contribution in [2.24, 2.45) is 0 Å². The zero-order valence-corrected chi connectivity index (χ0v) is 14.7. The third-order valence-electron chi connectivity index (χ3n) is 3.82. The number of para-hydroxylation sites is 1. The molecule has 0 saturated heterocycles. The van der Waals surface area contributed by atoms with Crippen molar-refractivity contribution in [1.29, 1.82) is 0 Å². The molecule has 3 rings (SSSR count). The molecule has 0 aliphatic heterocycles. The Bertz CT molecular complexity index is 894. The Balaban J connectivity index is 1.61. The van der Waals surface area contributed by atoms with Crippen LogP contribution in [-0.2, 0) is 6.54 Å². The second-order valence-electron chi connectivity index (χ2n) is 5.78. The van der Waals surface area contributed by atoms with Crippen molar-refractivity contribution in [2.45, 2.75) is 13.5 Å². The molecule has 0 fully saturated rings. The van der Waals surface area contributed by atoms with E-state index in [9.17, 15) is 4.79 Å². The Labute approximate surface area is 152 Å². The first-order chi connectivity index (χ1) is 12.7. The van der Waals surface area contributed by atoms with Crippen molar-refractivity contribution in [1.82, 2.24) is 15.3 Å². The van der Waals surface area contributed by atoms with Gasteiger partial charge in [0.25, 0.3) is 5.91 Å². The van der Waals surface area contributed by atoms with E-state index < -0.39 is 0 Å². The molecule has 1 aromatic heterocycles. The Morgan fingerprint density at radius 1 is 1.08 bits per heavy atom. The van der Waals surface area contributed by atoms with E-state index in [1.807, 2.05) is 55.5 Å². The summed E-state index contributed by atoms with van der Waals surface area (Å²) in [6.07, 6.45) is 3.01. The molecule has 0 unspecified atom stereocenters. The fourth-order valence-corrected chi connectivity index (χ4v) is 2.49. The molecular formula is C20H20N4O2. The zero-order valence-electron chi connectivity index (χ0n) is 14.7. The number of anilines is 2. The molecule has 0 aliphatic rings. The first-order valence-electron chi connectivity index (χ1n) is 8.21. The highest BCUT2D eigenvalue weighted by atomic mass is 16.5. The monoisotopic (exact) mass is 348 g/mol. The van der Waals surface area contributed by atoms with E-state index in [-0.39, 0.29) is 5.91 Å². The van der Waals surface area contributed by atoms with Gasteiger partial charge in [0.15, 0.2) is 0 Å². The molecule has 0 saturated carbocycles. The Morgan fingerprint density at radius 2 is 1.85 bits per heavy atom. The summed E-state index contributed by atoms with van der Waals surface area (Å²) >= 11 is 0. The average Bonchev–Trinajstić information content (AvgIpc) is 2.67. The molecule has 1 heterocycles. The van der Waals surface area contributed by atoms with Gasteiger partial charge in [0.05, 0.1) is 12.7 Å². The normalized spacial score (nSPS) is 10.2. The van der Waals surface area contributed by atoms with E-state index in [4.69, 9.17) is 4.74 Å². The number of benzene rings is 2. The highest BCUT2D eigenvalue weighted by Gasteiger charge is 2.09. The maximum Gasteiger partial charge on any atom is 0.254 e. The van der Waals surface area contributed by atoms with E-state index in [0.29, 0.717) is 18.1 Å². The number of nitrogens with one attached hydrogen (secondary N) is 2. The highest BCUT2D eigenvalue weighted by molar-refractivity contribution is 5.93. The van der Waals surface area contributed by atoms with Crippen LogP contribution in [0.25, 0.3) is 0 Å². The summed E-state index contributed by atoms with van der Waals surface area (Å²) < 4.78 is 5.28. The maximum atomic E-state index is 12.3. The molecule has 26 heavy (non-hydrogen) atoms. The number of carbonyl (C=O) groups excluding carboxylic acids is 1. The lowest BCUT2D eigenvalue weighted by atomic mass is 10.2. The molecule has 0 atom stereocenters. The predicted molar refractivity (Wildman–Crippen MR) is 101 cm³/mol. The van der Waals surface area contributed by atoms with Crippen LogP contribution >= 0.6 is 0 Å². The van der Waals surface area contributed by atoms with Crippen molar-refractivity contribution in [3.8, 4) is 5.75 Å². The smallest absolute Gasteiger partial charge is 0.254 e. The van der Waals surface area contributed by atoms with Gasteiger partial charge in [-0.3, -0.25) is 4.79 Å². The Morgan fingerprint density at radius 3 is 2.58 bits per heavy atom. The average molecular weight is 348 g/mol. The number of ether oxygens (including phenoxy) is 1. The molecule has 0 aliphatic carbocycles. The number of hydrogen-bond donors (Lipinski definition) is 2.